The van der Waals surface area contributed by atoms with Gasteiger partial charge in [0.05, 0.1) is 19.8 Å². The van der Waals surface area contributed by atoms with Crippen LogP contribution in [0.5, 0.6) is 5.75 Å². The minimum atomic E-state index is -0.292. The Bertz CT molecular complexity index is 742. The summed E-state index contributed by atoms with van der Waals surface area (Å²) in [6, 6.07) is 14.7. The summed E-state index contributed by atoms with van der Waals surface area (Å²) in [4.78, 5) is 24.1. The number of nitrogens with one attached hydrogen (secondary N) is 2. The number of ether oxygens (including phenoxy) is 2. The fourth-order valence-corrected chi connectivity index (χ4v) is 2.48. The maximum absolute atomic E-state index is 12.2. The molecule has 2 amide bonds. The summed E-state index contributed by atoms with van der Waals surface area (Å²) in [5.74, 6) is 0.201. The molecule has 0 fully saturated rings. The van der Waals surface area contributed by atoms with Crippen LogP contribution in [0.15, 0.2) is 48.5 Å². The quantitative estimate of drug-likeness (QED) is 0.584. The van der Waals surface area contributed by atoms with Crippen LogP contribution < -0.4 is 15.4 Å². The summed E-state index contributed by atoms with van der Waals surface area (Å²) in [5.41, 5.74) is 2.55. The average molecular weight is 384 g/mol. The number of benzene rings is 2. The Balaban J connectivity index is 1.72. The Morgan fingerprint density at radius 3 is 2.25 bits per heavy atom. The lowest BCUT2D eigenvalue weighted by molar-refractivity contribution is -0.120. The number of carbonyl (C=O) groups excluding carboxylic acids is 2. The SMILES string of the molecule is CCCCOc1ccc(C(=O)NCC(=O)NCc2ccc(COC)cc2)cc1. The highest BCUT2D eigenvalue weighted by Gasteiger charge is 2.08. The van der Waals surface area contributed by atoms with E-state index in [9.17, 15) is 9.59 Å². The number of carbonyl (C=O) groups is 2. The molecule has 28 heavy (non-hydrogen) atoms. The molecule has 6 heteroatoms. The molecule has 0 heterocycles. The van der Waals surface area contributed by atoms with Crippen LogP contribution in [0.3, 0.4) is 0 Å². The molecule has 0 unspecified atom stereocenters. The summed E-state index contributed by atoms with van der Waals surface area (Å²) < 4.78 is 10.6. The number of methoxy groups -OCH3 is 1. The Labute approximate surface area is 166 Å². The van der Waals surface area contributed by atoms with Crippen molar-refractivity contribution < 1.29 is 19.1 Å². The van der Waals surface area contributed by atoms with Crippen molar-refractivity contribution in [3.8, 4) is 5.75 Å². The van der Waals surface area contributed by atoms with Gasteiger partial charge in [-0.05, 0) is 41.8 Å². The van der Waals surface area contributed by atoms with Crippen LogP contribution in [0.2, 0.25) is 0 Å². The number of unbranched alkanes of at least 4 members (excludes halogenated alkanes) is 1. The third-order valence-corrected chi connectivity index (χ3v) is 4.12. The van der Waals surface area contributed by atoms with Crippen LogP contribution in [0, 0.1) is 0 Å². The Morgan fingerprint density at radius 2 is 1.61 bits per heavy atom. The van der Waals surface area contributed by atoms with E-state index in [2.05, 4.69) is 17.6 Å². The van der Waals surface area contributed by atoms with Crippen molar-refractivity contribution in [2.24, 2.45) is 0 Å². The third-order valence-electron chi connectivity index (χ3n) is 4.12. The molecule has 2 rings (SSSR count). The molecule has 0 aromatic heterocycles. The Hall–Kier alpha value is -2.86. The maximum atomic E-state index is 12.2. The first kappa shape index (κ1) is 21.4. The van der Waals surface area contributed by atoms with Crippen LogP contribution in [-0.4, -0.2) is 32.1 Å². The lowest BCUT2D eigenvalue weighted by Gasteiger charge is -2.09. The van der Waals surface area contributed by atoms with E-state index < -0.39 is 0 Å². The van der Waals surface area contributed by atoms with Gasteiger partial charge in [0.15, 0.2) is 0 Å². The predicted molar refractivity (Wildman–Crippen MR) is 108 cm³/mol. The van der Waals surface area contributed by atoms with Gasteiger partial charge in [0.1, 0.15) is 5.75 Å². The monoisotopic (exact) mass is 384 g/mol. The standard InChI is InChI=1S/C22H28N2O4/c1-3-4-13-28-20-11-9-19(10-12-20)22(26)24-15-21(25)23-14-17-5-7-18(8-6-17)16-27-2/h5-12H,3-4,13-16H2,1-2H3,(H,23,25)(H,24,26). The fourth-order valence-electron chi connectivity index (χ4n) is 2.48. The van der Waals surface area contributed by atoms with Crippen LogP contribution in [-0.2, 0) is 22.7 Å². The third kappa shape index (κ3) is 7.40. The summed E-state index contributed by atoms with van der Waals surface area (Å²) in [6.07, 6.45) is 2.07. The number of hydrogen-bond acceptors (Lipinski definition) is 4. The van der Waals surface area contributed by atoms with E-state index in [1.54, 1.807) is 31.4 Å². The first-order valence-corrected chi connectivity index (χ1v) is 9.47. The number of rotatable bonds is 11. The van der Waals surface area contributed by atoms with Crippen molar-refractivity contribution in [1.29, 1.82) is 0 Å². The van der Waals surface area contributed by atoms with Crippen molar-refractivity contribution in [3.05, 3.63) is 65.2 Å². The molecule has 0 aliphatic rings. The van der Waals surface area contributed by atoms with E-state index >= 15 is 0 Å². The molecule has 0 aliphatic carbocycles. The second-order valence-electron chi connectivity index (χ2n) is 6.44. The molecule has 0 saturated carbocycles. The zero-order valence-electron chi connectivity index (χ0n) is 16.5. The Morgan fingerprint density at radius 1 is 0.929 bits per heavy atom. The van der Waals surface area contributed by atoms with E-state index in [1.165, 1.54) is 0 Å². The lowest BCUT2D eigenvalue weighted by atomic mass is 10.1. The predicted octanol–water partition coefficient (Wildman–Crippen LogP) is 3.06. The molecule has 0 atom stereocenters. The molecule has 150 valence electrons. The zero-order chi connectivity index (χ0) is 20.2. The molecule has 2 N–H and O–H groups in total. The molecule has 0 aliphatic heterocycles. The number of amides is 2. The maximum Gasteiger partial charge on any atom is 0.251 e. The average Bonchev–Trinajstić information content (AvgIpc) is 2.72. The lowest BCUT2D eigenvalue weighted by Crippen LogP contribution is -2.36. The van der Waals surface area contributed by atoms with Gasteiger partial charge in [-0.3, -0.25) is 9.59 Å². The van der Waals surface area contributed by atoms with Crippen molar-refractivity contribution in [2.45, 2.75) is 32.9 Å². The molecule has 0 radical (unpaired) electrons. The highest BCUT2D eigenvalue weighted by molar-refractivity contribution is 5.96. The van der Waals surface area contributed by atoms with Gasteiger partial charge in [-0.25, -0.2) is 0 Å². The summed E-state index contributed by atoms with van der Waals surface area (Å²) >= 11 is 0. The molecular formula is C22H28N2O4. The van der Waals surface area contributed by atoms with E-state index in [4.69, 9.17) is 9.47 Å². The van der Waals surface area contributed by atoms with Crippen molar-refractivity contribution >= 4 is 11.8 Å². The number of hydrogen-bond donors (Lipinski definition) is 2. The second kappa shape index (κ2) is 11.8. The summed E-state index contributed by atoms with van der Waals surface area (Å²) in [7, 11) is 1.65. The minimum Gasteiger partial charge on any atom is -0.494 e. The van der Waals surface area contributed by atoms with Crippen LogP contribution in [0.25, 0.3) is 0 Å². The van der Waals surface area contributed by atoms with Gasteiger partial charge in [-0.2, -0.15) is 0 Å². The summed E-state index contributed by atoms with van der Waals surface area (Å²) in [6.45, 7) is 3.66. The van der Waals surface area contributed by atoms with Crippen molar-refractivity contribution in [1.82, 2.24) is 10.6 Å². The summed E-state index contributed by atoms with van der Waals surface area (Å²) in [5, 5.41) is 5.41. The molecule has 0 bridgehead atoms. The topological polar surface area (TPSA) is 76.7 Å². The highest BCUT2D eigenvalue weighted by Crippen LogP contribution is 2.12. The Kier molecular flexibility index (Phi) is 9.01. The fraction of sp³-hybridized carbons (Fsp3) is 0.364. The normalized spacial score (nSPS) is 10.4. The van der Waals surface area contributed by atoms with Crippen molar-refractivity contribution in [2.75, 3.05) is 20.3 Å². The smallest absolute Gasteiger partial charge is 0.251 e. The molecule has 0 spiro atoms. The zero-order valence-corrected chi connectivity index (χ0v) is 16.5. The largest absolute Gasteiger partial charge is 0.494 e. The van der Waals surface area contributed by atoms with Gasteiger partial charge in [-0.15, -0.1) is 0 Å². The minimum absolute atomic E-state index is 0.0741. The first-order chi connectivity index (χ1) is 13.6. The van der Waals surface area contributed by atoms with Gasteiger partial charge in [0.2, 0.25) is 5.91 Å². The molecule has 0 saturated heterocycles. The first-order valence-electron chi connectivity index (χ1n) is 9.47. The van der Waals surface area contributed by atoms with E-state index in [-0.39, 0.29) is 18.4 Å². The highest BCUT2D eigenvalue weighted by atomic mass is 16.5. The van der Waals surface area contributed by atoms with Gasteiger partial charge in [0, 0.05) is 19.2 Å². The van der Waals surface area contributed by atoms with E-state index in [0.717, 1.165) is 29.7 Å². The van der Waals surface area contributed by atoms with Crippen LogP contribution >= 0.6 is 0 Å². The van der Waals surface area contributed by atoms with Gasteiger partial charge in [-0.1, -0.05) is 37.6 Å². The van der Waals surface area contributed by atoms with Crippen LogP contribution in [0.4, 0.5) is 0 Å². The molecule has 2 aromatic carbocycles. The second-order valence-corrected chi connectivity index (χ2v) is 6.44. The molecule has 6 nitrogen and oxygen atoms in total. The van der Waals surface area contributed by atoms with Gasteiger partial charge >= 0.3 is 0 Å². The van der Waals surface area contributed by atoms with Crippen LogP contribution in [0.1, 0.15) is 41.3 Å². The van der Waals surface area contributed by atoms with Crippen molar-refractivity contribution in [3.63, 3.8) is 0 Å². The molecule has 2 aromatic rings. The molecular weight excluding hydrogens is 356 g/mol. The van der Waals surface area contributed by atoms with Gasteiger partial charge < -0.3 is 20.1 Å². The van der Waals surface area contributed by atoms with Gasteiger partial charge in [0.25, 0.3) is 5.91 Å². The van der Waals surface area contributed by atoms with E-state index in [0.29, 0.717) is 25.3 Å². The van der Waals surface area contributed by atoms with E-state index in [1.807, 2.05) is 24.3 Å².